The average molecular weight is 208 g/mol. The van der Waals surface area contributed by atoms with Crippen LogP contribution < -0.4 is 5.32 Å². The van der Waals surface area contributed by atoms with E-state index in [1.165, 1.54) is 12.8 Å². The highest BCUT2D eigenvalue weighted by Gasteiger charge is 2.30. The number of nitrogens with one attached hydrogen (secondary N) is 1. The van der Waals surface area contributed by atoms with Crippen LogP contribution in [0.3, 0.4) is 0 Å². The van der Waals surface area contributed by atoms with Crippen LogP contribution in [0.1, 0.15) is 45.5 Å². The van der Waals surface area contributed by atoms with E-state index < -0.39 is 0 Å². The summed E-state index contributed by atoms with van der Waals surface area (Å²) in [6.07, 6.45) is 5.14. The molecule has 2 rings (SSSR count). The molecule has 0 saturated carbocycles. The van der Waals surface area contributed by atoms with Gasteiger partial charge in [-0.25, -0.2) is 9.67 Å². The molecular weight excluding hydrogens is 188 g/mol. The van der Waals surface area contributed by atoms with Crippen molar-refractivity contribution < 1.29 is 0 Å². The minimum absolute atomic E-state index is 0.222. The average Bonchev–Trinajstić information content (AvgIpc) is 2.75. The Morgan fingerprint density at radius 1 is 1.60 bits per heavy atom. The van der Waals surface area contributed by atoms with E-state index >= 15 is 0 Å². The highest BCUT2D eigenvalue weighted by atomic mass is 15.3. The fourth-order valence-electron chi connectivity index (χ4n) is 2.29. The molecule has 4 nitrogen and oxygen atoms in total. The van der Waals surface area contributed by atoms with Gasteiger partial charge in [0.2, 0.25) is 0 Å². The number of rotatable bonds is 3. The molecule has 2 heterocycles. The maximum Gasteiger partial charge on any atom is 0.138 e. The zero-order valence-corrected chi connectivity index (χ0v) is 9.82. The first-order valence-corrected chi connectivity index (χ1v) is 5.74. The summed E-state index contributed by atoms with van der Waals surface area (Å²) < 4.78 is 2.02. The first-order chi connectivity index (χ1) is 7.11. The highest BCUT2D eigenvalue weighted by Crippen LogP contribution is 2.23. The molecule has 0 radical (unpaired) electrons. The van der Waals surface area contributed by atoms with Crippen LogP contribution in [0.2, 0.25) is 0 Å². The third-order valence-electron chi connectivity index (χ3n) is 3.14. The van der Waals surface area contributed by atoms with Crippen molar-refractivity contribution in [2.45, 2.75) is 51.6 Å². The zero-order chi connectivity index (χ0) is 10.9. The molecule has 1 unspecified atom stereocenters. The quantitative estimate of drug-likeness (QED) is 0.819. The van der Waals surface area contributed by atoms with E-state index in [1.807, 2.05) is 4.68 Å². The van der Waals surface area contributed by atoms with Crippen molar-refractivity contribution in [3.05, 3.63) is 12.2 Å². The summed E-state index contributed by atoms with van der Waals surface area (Å²) in [5.41, 5.74) is 0.222. The summed E-state index contributed by atoms with van der Waals surface area (Å²) in [5.74, 6) is 1.10. The molecule has 1 aliphatic heterocycles. The summed E-state index contributed by atoms with van der Waals surface area (Å²) >= 11 is 0. The second-order valence-corrected chi connectivity index (χ2v) is 4.98. The molecule has 0 amide bonds. The predicted molar refractivity (Wildman–Crippen MR) is 59.8 cm³/mol. The first-order valence-electron chi connectivity index (χ1n) is 5.74. The Labute approximate surface area is 91.1 Å². The Kier molecular flexibility index (Phi) is 2.78. The van der Waals surface area contributed by atoms with Gasteiger partial charge in [0, 0.05) is 18.0 Å². The third kappa shape index (κ3) is 2.20. The predicted octanol–water partition coefficient (Wildman–Crippen LogP) is 1.54. The van der Waals surface area contributed by atoms with E-state index in [1.54, 1.807) is 6.33 Å². The summed E-state index contributed by atoms with van der Waals surface area (Å²) in [4.78, 5) is 4.36. The molecule has 4 heteroatoms. The standard InChI is InChI=1S/C11H20N4/c1-9(2)15-10(12-8-14-15)7-11(3)5-4-6-13-11/h8-9,13H,4-7H2,1-3H3. The van der Waals surface area contributed by atoms with Crippen molar-refractivity contribution in [1.29, 1.82) is 0 Å². The Bertz CT molecular complexity index is 323. The van der Waals surface area contributed by atoms with Gasteiger partial charge in [-0.1, -0.05) is 0 Å². The number of hydrogen-bond acceptors (Lipinski definition) is 3. The van der Waals surface area contributed by atoms with Crippen LogP contribution in [-0.2, 0) is 6.42 Å². The van der Waals surface area contributed by atoms with Gasteiger partial charge in [0.15, 0.2) is 0 Å². The minimum Gasteiger partial charge on any atom is -0.311 e. The lowest BCUT2D eigenvalue weighted by atomic mass is 9.95. The Hall–Kier alpha value is -0.900. The Morgan fingerprint density at radius 2 is 2.40 bits per heavy atom. The van der Waals surface area contributed by atoms with Gasteiger partial charge in [0.25, 0.3) is 0 Å². The Balaban J connectivity index is 2.13. The van der Waals surface area contributed by atoms with Gasteiger partial charge in [0.1, 0.15) is 12.2 Å². The lowest BCUT2D eigenvalue weighted by molar-refractivity contribution is 0.383. The van der Waals surface area contributed by atoms with Crippen LogP contribution in [0.4, 0.5) is 0 Å². The summed E-state index contributed by atoms with van der Waals surface area (Å²) in [5, 5.41) is 7.82. The largest absolute Gasteiger partial charge is 0.311 e. The molecule has 1 atom stereocenters. The molecule has 15 heavy (non-hydrogen) atoms. The van der Waals surface area contributed by atoms with Gasteiger partial charge in [0.05, 0.1) is 0 Å². The number of hydrogen-bond donors (Lipinski definition) is 1. The topological polar surface area (TPSA) is 42.7 Å². The fraction of sp³-hybridized carbons (Fsp3) is 0.818. The fourth-order valence-corrected chi connectivity index (χ4v) is 2.29. The SMILES string of the molecule is CC(C)n1ncnc1CC1(C)CCCN1. The van der Waals surface area contributed by atoms with E-state index in [0.717, 1.165) is 18.8 Å². The van der Waals surface area contributed by atoms with Gasteiger partial charge >= 0.3 is 0 Å². The molecule has 1 saturated heterocycles. The normalized spacial score (nSPS) is 26.4. The molecular formula is C11H20N4. The van der Waals surface area contributed by atoms with E-state index in [2.05, 4.69) is 36.2 Å². The number of nitrogens with zero attached hydrogens (tertiary/aromatic N) is 3. The zero-order valence-electron chi connectivity index (χ0n) is 9.82. The molecule has 1 N–H and O–H groups in total. The lowest BCUT2D eigenvalue weighted by Gasteiger charge is -2.24. The summed E-state index contributed by atoms with van der Waals surface area (Å²) in [6.45, 7) is 7.69. The molecule has 84 valence electrons. The van der Waals surface area contributed by atoms with Crippen molar-refractivity contribution in [1.82, 2.24) is 20.1 Å². The lowest BCUT2D eigenvalue weighted by Crippen LogP contribution is -2.39. The maximum absolute atomic E-state index is 4.36. The summed E-state index contributed by atoms with van der Waals surface area (Å²) in [7, 11) is 0. The molecule has 1 fully saturated rings. The van der Waals surface area contributed by atoms with Crippen molar-refractivity contribution >= 4 is 0 Å². The van der Waals surface area contributed by atoms with Crippen molar-refractivity contribution in [3.63, 3.8) is 0 Å². The van der Waals surface area contributed by atoms with E-state index in [4.69, 9.17) is 0 Å². The molecule has 0 aromatic carbocycles. The van der Waals surface area contributed by atoms with Crippen LogP contribution in [0.15, 0.2) is 6.33 Å². The van der Waals surface area contributed by atoms with Crippen LogP contribution in [-0.4, -0.2) is 26.8 Å². The van der Waals surface area contributed by atoms with Gasteiger partial charge in [-0.3, -0.25) is 0 Å². The van der Waals surface area contributed by atoms with Crippen LogP contribution in [0.25, 0.3) is 0 Å². The Morgan fingerprint density at radius 3 is 3.00 bits per heavy atom. The second kappa shape index (κ2) is 3.93. The second-order valence-electron chi connectivity index (χ2n) is 4.98. The van der Waals surface area contributed by atoms with Crippen LogP contribution in [0, 0.1) is 0 Å². The molecule has 1 aromatic heterocycles. The van der Waals surface area contributed by atoms with Gasteiger partial charge in [-0.2, -0.15) is 5.10 Å². The van der Waals surface area contributed by atoms with Gasteiger partial charge in [-0.05, 0) is 40.2 Å². The van der Waals surface area contributed by atoms with Crippen molar-refractivity contribution in [2.75, 3.05) is 6.54 Å². The molecule has 0 bridgehead atoms. The molecule has 0 aliphatic carbocycles. The van der Waals surface area contributed by atoms with Crippen molar-refractivity contribution in [2.24, 2.45) is 0 Å². The molecule has 1 aromatic rings. The van der Waals surface area contributed by atoms with E-state index in [-0.39, 0.29) is 5.54 Å². The first kappa shape index (κ1) is 10.6. The van der Waals surface area contributed by atoms with Gasteiger partial charge < -0.3 is 5.32 Å². The van der Waals surface area contributed by atoms with E-state index in [9.17, 15) is 0 Å². The monoisotopic (exact) mass is 208 g/mol. The minimum atomic E-state index is 0.222. The maximum atomic E-state index is 4.36. The van der Waals surface area contributed by atoms with E-state index in [0.29, 0.717) is 6.04 Å². The van der Waals surface area contributed by atoms with Gasteiger partial charge in [-0.15, -0.1) is 0 Å². The van der Waals surface area contributed by atoms with Crippen LogP contribution in [0.5, 0.6) is 0 Å². The van der Waals surface area contributed by atoms with Crippen LogP contribution >= 0.6 is 0 Å². The molecule has 0 spiro atoms. The summed E-state index contributed by atoms with van der Waals surface area (Å²) in [6, 6.07) is 0.396. The highest BCUT2D eigenvalue weighted by molar-refractivity contribution is 5.00. The third-order valence-corrected chi connectivity index (χ3v) is 3.14. The number of aromatic nitrogens is 3. The smallest absolute Gasteiger partial charge is 0.138 e. The van der Waals surface area contributed by atoms with Crippen molar-refractivity contribution in [3.8, 4) is 0 Å². The molecule has 1 aliphatic rings.